The van der Waals surface area contributed by atoms with Crippen LogP contribution in [0, 0.1) is 5.92 Å². The Kier molecular flexibility index (Phi) is 5.49. The lowest BCUT2D eigenvalue weighted by atomic mass is 9.73. The fourth-order valence-electron chi connectivity index (χ4n) is 4.83. The highest BCUT2D eigenvalue weighted by Crippen LogP contribution is 2.38. The Morgan fingerprint density at radius 3 is 2.80 bits per heavy atom. The van der Waals surface area contributed by atoms with Gasteiger partial charge in [0.2, 0.25) is 0 Å². The minimum Gasteiger partial charge on any atom is -0.454 e. The zero-order chi connectivity index (χ0) is 21.3. The van der Waals surface area contributed by atoms with Gasteiger partial charge in [-0.05, 0) is 43.2 Å². The van der Waals surface area contributed by atoms with Gasteiger partial charge in [-0.3, -0.25) is 19.3 Å². The quantitative estimate of drug-likeness (QED) is 0.602. The Hall–Kier alpha value is -2.90. The number of nitrogens with one attached hydrogen (secondary N) is 1. The smallest absolute Gasteiger partial charge is 0.326 e. The van der Waals surface area contributed by atoms with E-state index in [9.17, 15) is 19.2 Å². The molecule has 2 aliphatic heterocycles. The van der Waals surface area contributed by atoms with E-state index in [1.165, 1.54) is 0 Å². The van der Waals surface area contributed by atoms with E-state index in [2.05, 4.69) is 5.32 Å². The molecule has 4 amide bonds. The maximum atomic E-state index is 12.9. The van der Waals surface area contributed by atoms with Crippen molar-refractivity contribution in [2.24, 2.45) is 5.92 Å². The molecule has 0 aromatic heterocycles. The summed E-state index contributed by atoms with van der Waals surface area (Å²) in [5.74, 6) is -1.43. The lowest BCUT2D eigenvalue weighted by Gasteiger charge is -2.36. The number of esters is 1. The highest BCUT2D eigenvalue weighted by Gasteiger charge is 2.55. The van der Waals surface area contributed by atoms with E-state index in [1.54, 1.807) is 4.90 Å². The lowest BCUT2D eigenvalue weighted by molar-refractivity contribution is -0.151. The SMILES string of the molecule is C[C@@H]1CCCC[C@@]12NC(=O)N(CC(=O)OCC(=O)N1CCCc3ccccc31)C2=O. The molecule has 1 saturated heterocycles. The van der Waals surface area contributed by atoms with Crippen molar-refractivity contribution in [1.82, 2.24) is 10.2 Å². The molecule has 1 saturated carbocycles. The van der Waals surface area contributed by atoms with Gasteiger partial charge >= 0.3 is 12.0 Å². The van der Waals surface area contributed by atoms with E-state index >= 15 is 0 Å². The molecule has 1 N–H and O–H groups in total. The number of ether oxygens (including phenoxy) is 1. The van der Waals surface area contributed by atoms with Gasteiger partial charge in [-0.2, -0.15) is 0 Å². The molecule has 2 heterocycles. The third kappa shape index (κ3) is 3.55. The monoisotopic (exact) mass is 413 g/mol. The molecule has 2 fully saturated rings. The summed E-state index contributed by atoms with van der Waals surface area (Å²) in [6.07, 6.45) is 5.08. The first-order valence-electron chi connectivity index (χ1n) is 10.6. The Labute approximate surface area is 175 Å². The van der Waals surface area contributed by atoms with E-state index in [0.29, 0.717) is 13.0 Å². The number of amides is 4. The summed E-state index contributed by atoms with van der Waals surface area (Å²) >= 11 is 0. The van der Waals surface area contributed by atoms with Crippen molar-refractivity contribution in [3.05, 3.63) is 29.8 Å². The first kappa shape index (κ1) is 20.4. The molecule has 1 spiro atoms. The normalized spacial score (nSPS) is 25.8. The highest BCUT2D eigenvalue weighted by molar-refractivity contribution is 6.09. The van der Waals surface area contributed by atoms with Gasteiger partial charge in [-0.1, -0.05) is 38.0 Å². The molecule has 160 valence electrons. The van der Waals surface area contributed by atoms with Crippen LogP contribution in [0.15, 0.2) is 24.3 Å². The molecule has 0 bridgehead atoms. The number of hydrogen-bond donors (Lipinski definition) is 1. The van der Waals surface area contributed by atoms with Gasteiger partial charge in [-0.15, -0.1) is 0 Å². The highest BCUT2D eigenvalue weighted by atomic mass is 16.5. The van der Waals surface area contributed by atoms with Crippen LogP contribution in [0.25, 0.3) is 0 Å². The van der Waals surface area contributed by atoms with Crippen LogP contribution in [0.1, 0.15) is 44.6 Å². The van der Waals surface area contributed by atoms with Crippen molar-refractivity contribution < 1.29 is 23.9 Å². The molecule has 3 aliphatic rings. The van der Waals surface area contributed by atoms with Crippen LogP contribution in [-0.4, -0.2) is 54.0 Å². The average Bonchev–Trinajstić information content (AvgIpc) is 2.98. The van der Waals surface area contributed by atoms with Crippen LogP contribution in [0.4, 0.5) is 10.5 Å². The van der Waals surface area contributed by atoms with Crippen molar-refractivity contribution in [3.8, 4) is 0 Å². The van der Waals surface area contributed by atoms with E-state index in [1.807, 2.05) is 31.2 Å². The van der Waals surface area contributed by atoms with Crippen LogP contribution in [0.3, 0.4) is 0 Å². The maximum Gasteiger partial charge on any atom is 0.326 e. The fourth-order valence-corrected chi connectivity index (χ4v) is 4.83. The van der Waals surface area contributed by atoms with Gasteiger partial charge in [0, 0.05) is 12.2 Å². The second-order valence-electron chi connectivity index (χ2n) is 8.38. The van der Waals surface area contributed by atoms with Gasteiger partial charge < -0.3 is 15.0 Å². The molecule has 8 nitrogen and oxygen atoms in total. The summed E-state index contributed by atoms with van der Waals surface area (Å²) in [6, 6.07) is 7.11. The van der Waals surface area contributed by atoms with E-state index in [0.717, 1.165) is 48.3 Å². The number of hydrogen-bond acceptors (Lipinski definition) is 5. The lowest BCUT2D eigenvalue weighted by Crippen LogP contribution is -2.54. The molecule has 1 aromatic carbocycles. The van der Waals surface area contributed by atoms with Gasteiger partial charge in [0.25, 0.3) is 11.8 Å². The molecule has 30 heavy (non-hydrogen) atoms. The maximum absolute atomic E-state index is 12.9. The van der Waals surface area contributed by atoms with Crippen LogP contribution in [0.5, 0.6) is 0 Å². The Morgan fingerprint density at radius 2 is 2.00 bits per heavy atom. The summed E-state index contributed by atoms with van der Waals surface area (Å²) in [5, 5.41) is 2.81. The van der Waals surface area contributed by atoms with Crippen molar-refractivity contribution in [2.75, 3.05) is 24.6 Å². The van der Waals surface area contributed by atoms with Gasteiger partial charge in [0.15, 0.2) is 6.61 Å². The second kappa shape index (κ2) is 8.08. The Bertz CT molecular complexity index is 885. The first-order valence-corrected chi connectivity index (χ1v) is 10.6. The number of carbonyl (C=O) groups is 4. The summed E-state index contributed by atoms with van der Waals surface area (Å²) in [7, 11) is 0. The Balaban J connectivity index is 1.35. The zero-order valence-corrected chi connectivity index (χ0v) is 17.2. The molecular weight excluding hydrogens is 386 g/mol. The van der Waals surface area contributed by atoms with E-state index in [4.69, 9.17) is 4.74 Å². The number of fused-ring (bicyclic) bond motifs is 1. The molecule has 2 atom stereocenters. The number of nitrogens with zero attached hydrogens (tertiary/aromatic N) is 2. The number of anilines is 1. The third-order valence-corrected chi connectivity index (χ3v) is 6.56. The molecule has 1 aliphatic carbocycles. The first-order chi connectivity index (χ1) is 14.4. The van der Waals surface area contributed by atoms with E-state index in [-0.39, 0.29) is 17.7 Å². The number of aryl methyl sites for hydroxylation is 1. The number of para-hydroxylation sites is 1. The third-order valence-electron chi connectivity index (χ3n) is 6.56. The van der Waals surface area contributed by atoms with Crippen molar-refractivity contribution in [1.29, 1.82) is 0 Å². The number of imide groups is 1. The minimum atomic E-state index is -0.914. The zero-order valence-electron chi connectivity index (χ0n) is 17.2. The molecule has 4 rings (SSSR count). The van der Waals surface area contributed by atoms with Gasteiger partial charge in [-0.25, -0.2) is 4.79 Å². The van der Waals surface area contributed by atoms with E-state index < -0.39 is 30.7 Å². The number of urea groups is 1. The standard InChI is InChI=1S/C22H27N3O5/c1-15-7-4-5-11-22(15)20(28)25(21(29)23-22)13-19(27)30-14-18(26)24-12-6-9-16-8-2-3-10-17(16)24/h2-3,8,10,15H,4-7,9,11-14H2,1H3,(H,23,29)/t15-,22-/m1/s1. The van der Waals surface area contributed by atoms with Gasteiger partial charge in [0.05, 0.1) is 0 Å². The van der Waals surface area contributed by atoms with Crippen LogP contribution in [-0.2, 0) is 25.5 Å². The van der Waals surface area contributed by atoms with Crippen LogP contribution in [0.2, 0.25) is 0 Å². The summed E-state index contributed by atoms with van der Waals surface area (Å²) in [5.41, 5.74) is 1.02. The number of rotatable bonds is 4. The predicted molar refractivity (Wildman–Crippen MR) is 109 cm³/mol. The predicted octanol–water partition coefficient (Wildman–Crippen LogP) is 2.01. The van der Waals surface area contributed by atoms with Gasteiger partial charge in [0.1, 0.15) is 12.1 Å². The van der Waals surface area contributed by atoms with Crippen molar-refractivity contribution >= 4 is 29.5 Å². The number of carbonyl (C=O) groups excluding carboxylic acids is 4. The fraction of sp³-hybridized carbons (Fsp3) is 0.545. The molecule has 1 aromatic rings. The summed E-state index contributed by atoms with van der Waals surface area (Å²) in [6.45, 7) is 1.62. The summed E-state index contributed by atoms with van der Waals surface area (Å²) < 4.78 is 5.13. The molecule has 0 unspecified atom stereocenters. The molecule has 0 radical (unpaired) electrons. The topological polar surface area (TPSA) is 96.0 Å². The number of benzene rings is 1. The minimum absolute atomic E-state index is 0.0180. The van der Waals surface area contributed by atoms with Crippen LogP contribution >= 0.6 is 0 Å². The van der Waals surface area contributed by atoms with Crippen molar-refractivity contribution in [2.45, 2.75) is 51.0 Å². The Morgan fingerprint density at radius 1 is 1.20 bits per heavy atom. The molecule has 8 heteroatoms. The largest absolute Gasteiger partial charge is 0.454 e. The second-order valence-corrected chi connectivity index (χ2v) is 8.38. The molecular formula is C22H27N3O5. The van der Waals surface area contributed by atoms with Crippen molar-refractivity contribution in [3.63, 3.8) is 0 Å². The summed E-state index contributed by atoms with van der Waals surface area (Å²) in [4.78, 5) is 52.8. The van der Waals surface area contributed by atoms with Crippen LogP contribution < -0.4 is 10.2 Å². The average molecular weight is 413 g/mol.